The van der Waals surface area contributed by atoms with Crippen LogP contribution in [0.4, 0.5) is 24.9 Å². The number of rotatable bonds is 7. The van der Waals surface area contributed by atoms with Crippen LogP contribution in [0.3, 0.4) is 0 Å². The van der Waals surface area contributed by atoms with E-state index in [1.807, 2.05) is 0 Å². The number of primary sulfonamides is 1. The van der Waals surface area contributed by atoms with Crippen molar-refractivity contribution < 1.29 is 21.6 Å². The van der Waals surface area contributed by atoms with Gasteiger partial charge in [-0.3, -0.25) is 4.98 Å². The third-order valence-electron chi connectivity index (χ3n) is 4.74. The van der Waals surface area contributed by atoms with Crippen LogP contribution < -0.4 is 15.8 Å². The lowest BCUT2D eigenvalue weighted by molar-refractivity contribution is -0.115. The monoisotopic (exact) mass is 509 g/mol. The van der Waals surface area contributed by atoms with E-state index in [1.165, 1.54) is 23.5 Å². The van der Waals surface area contributed by atoms with Crippen molar-refractivity contribution in [2.45, 2.75) is 24.0 Å². The number of thiazole rings is 1. The number of anilines is 2. The molecule has 0 radical (unpaired) electrons. The Kier molecular flexibility index (Phi) is 6.38. The molecule has 3 aromatic heterocycles. The Morgan fingerprint density at radius 2 is 1.82 bits per heavy atom. The van der Waals surface area contributed by atoms with Crippen molar-refractivity contribution in [1.29, 1.82) is 0 Å². The zero-order valence-electron chi connectivity index (χ0n) is 17.5. The van der Waals surface area contributed by atoms with Crippen molar-refractivity contribution in [2.24, 2.45) is 5.14 Å². The molecule has 1 atom stereocenters. The van der Waals surface area contributed by atoms with Crippen molar-refractivity contribution in [3.63, 3.8) is 0 Å². The Morgan fingerprint density at radius 3 is 2.44 bits per heavy atom. The smallest absolute Gasteiger partial charge is 0.359 e. The quantitative estimate of drug-likeness (QED) is 0.341. The maximum absolute atomic E-state index is 12.9. The first kappa shape index (κ1) is 23.8. The molecule has 178 valence electrons. The molecule has 4 rings (SSSR count). The molecule has 0 spiro atoms. The molecule has 0 aliphatic heterocycles. The van der Waals surface area contributed by atoms with Crippen LogP contribution in [0.2, 0.25) is 0 Å². The molecule has 0 saturated heterocycles. The molecule has 4 N–H and O–H groups in total. The number of aromatic nitrogens is 4. The number of alkyl halides is 3. The van der Waals surface area contributed by atoms with Crippen LogP contribution in [0.1, 0.15) is 18.5 Å². The summed E-state index contributed by atoms with van der Waals surface area (Å²) in [6.45, 7) is 0.475. The van der Waals surface area contributed by atoms with E-state index >= 15 is 0 Å². The van der Waals surface area contributed by atoms with Gasteiger partial charge in [0, 0.05) is 6.20 Å². The molecule has 3 heterocycles. The SMILES string of the molecule is C[C@@H](Nc1nc(NCC(F)(F)F)c2nc(-c3cncs3)ccc2n1)c1ccc(S(N)(=O)=O)cc1. The third-order valence-corrected chi connectivity index (χ3v) is 6.46. The Morgan fingerprint density at radius 1 is 1.09 bits per heavy atom. The molecule has 0 aliphatic carbocycles. The van der Waals surface area contributed by atoms with E-state index in [0.717, 1.165) is 4.88 Å². The van der Waals surface area contributed by atoms with E-state index in [2.05, 4.69) is 30.6 Å². The van der Waals surface area contributed by atoms with Gasteiger partial charge in [-0.05, 0) is 36.8 Å². The first-order chi connectivity index (χ1) is 16.0. The van der Waals surface area contributed by atoms with Gasteiger partial charge in [0.25, 0.3) is 0 Å². The van der Waals surface area contributed by atoms with Gasteiger partial charge in [0.05, 0.1) is 32.5 Å². The van der Waals surface area contributed by atoms with Gasteiger partial charge < -0.3 is 10.6 Å². The second-order valence-corrected chi connectivity index (χ2v) is 9.72. The molecule has 0 bridgehead atoms. The Labute approximate surface area is 196 Å². The van der Waals surface area contributed by atoms with Crippen molar-refractivity contribution in [3.8, 4) is 10.6 Å². The highest BCUT2D eigenvalue weighted by Gasteiger charge is 2.27. The highest BCUT2D eigenvalue weighted by molar-refractivity contribution is 7.89. The number of nitrogens with two attached hydrogens (primary N) is 1. The highest BCUT2D eigenvalue weighted by atomic mass is 32.2. The number of nitrogens with zero attached hydrogens (tertiary/aromatic N) is 4. The Balaban J connectivity index is 1.67. The van der Waals surface area contributed by atoms with Crippen LogP contribution >= 0.6 is 11.3 Å². The van der Waals surface area contributed by atoms with Gasteiger partial charge in [-0.2, -0.15) is 18.2 Å². The predicted molar refractivity (Wildman–Crippen MR) is 123 cm³/mol. The standard InChI is InChI=1S/C20H18F3N7O2S2/c1-11(12-2-4-13(5-3-12)34(24,31)32)27-19-29-15-7-6-14(16-8-25-10-33-16)28-17(15)18(30-19)26-9-20(21,22)23/h2-8,10-11H,9H2,1H3,(H2,24,31,32)(H2,26,27,29,30)/t11-/m1/s1. The molecule has 34 heavy (non-hydrogen) atoms. The number of benzene rings is 1. The summed E-state index contributed by atoms with van der Waals surface area (Å²) in [7, 11) is -3.83. The van der Waals surface area contributed by atoms with E-state index in [9.17, 15) is 21.6 Å². The zero-order chi connectivity index (χ0) is 24.5. The van der Waals surface area contributed by atoms with Gasteiger partial charge in [-0.15, -0.1) is 11.3 Å². The topological polar surface area (TPSA) is 136 Å². The number of fused-ring (bicyclic) bond motifs is 1. The molecule has 14 heteroatoms. The van der Waals surface area contributed by atoms with Gasteiger partial charge in [-0.25, -0.2) is 23.5 Å². The molecule has 0 aliphatic rings. The van der Waals surface area contributed by atoms with Gasteiger partial charge in [0.1, 0.15) is 12.1 Å². The number of pyridine rings is 1. The molecule has 0 amide bonds. The van der Waals surface area contributed by atoms with Crippen LogP contribution in [0.25, 0.3) is 21.6 Å². The molecule has 0 fully saturated rings. The minimum Gasteiger partial charge on any atom is -0.359 e. The van der Waals surface area contributed by atoms with Crippen LogP contribution in [-0.2, 0) is 10.0 Å². The average molecular weight is 510 g/mol. The second-order valence-electron chi connectivity index (χ2n) is 7.27. The van der Waals surface area contributed by atoms with Crippen LogP contribution in [0, 0.1) is 0 Å². The van der Waals surface area contributed by atoms with Crippen molar-refractivity contribution in [2.75, 3.05) is 17.2 Å². The van der Waals surface area contributed by atoms with E-state index in [4.69, 9.17) is 5.14 Å². The fourth-order valence-electron chi connectivity index (χ4n) is 3.09. The molecule has 4 aromatic rings. The number of hydrogen-bond donors (Lipinski definition) is 3. The van der Waals surface area contributed by atoms with Crippen LogP contribution in [-0.4, -0.2) is 41.1 Å². The lowest BCUT2D eigenvalue weighted by Crippen LogP contribution is -2.22. The first-order valence-corrected chi connectivity index (χ1v) is 12.2. The summed E-state index contributed by atoms with van der Waals surface area (Å²) in [6.07, 6.45) is -2.85. The summed E-state index contributed by atoms with van der Waals surface area (Å²) < 4.78 is 61.6. The number of sulfonamides is 1. The lowest BCUT2D eigenvalue weighted by Gasteiger charge is -2.17. The number of hydrogen-bond acceptors (Lipinski definition) is 9. The lowest BCUT2D eigenvalue weighted by atomic mass is 10.1. The minimum absolute atomic E-state index is 0.0353. The summed E-state index contributed by atoms with van der Waals surface area (Å²) in [5, 5.41) is 10.5. The summed E-state index contributed by atoms with van der Waals surface area (Å²) in [6, 6.07) is 8.83. The minimum atomic E-state index is -4.46. The second kappa shape index (κ2) is 9.12. The highest BCUT2D eigenvalue weighted by Crippen LogP contribution is 2.29. The van der Waals surface area contributed by atoms with Gasteiger partial charge >= 0.3 is 6.18 Å². The molecule has 0 saturated carbocycles. The Bertz CT molecular complexity index is 1410. The van der Waals surface area contributed by atoms with Crippen molar-refractivity contribution >= 4 is 44.2 Å². The van der Waals surface area contributed by atoms with Crippen molar-refractivity contribution in [3.05, 3.63) is 53.7 Å². The molecular formula is C20H18F3N7O2S2. The third kappa shape index (κ3) is 5.58. The summed E-state index contributed by atoms with van der Waals surface area (Å²) in [5.41, 5.74) is 3.39. The average Bonchev–Trinajstić information content (AvgIpc) is 3.31. The predicted octanol–water partition coefficient (Wildman–Crippen LogP) is 3.94. The van der Waals surface area contributed by atoms with Gasteiger partial charge in [0.2, 0.25) is 16.0 Å². The van der Waals surface area contributed by atoms with E-state index in [0.29, 0.717) is 16.8 Å². The molecule has 1 aromatic carbocycles. The number of nitrogens with one attached hydrogen (secondary N) is 2. The van der Waals surface area contributed by atoms with Gasteiger partial charge in [-0.1, -0.05) is 12.1 Å². The van der Waals surface area contributed by atoms with Crippen LogP contribution in [0.15, 0.2) is 53.0 Å². The van der Waals surface area contributed by atoms with Gasteiger partial charge in [0.15, 0.2) is 5.82 Å². The fourth-order valence-corrected chi connectivity index (χ4v) is 4.20. The maximum Gasteiger partial charge on any atom is 0.405 e. The fraction of sp³-hybridized carbons (Fsp3) is 0.200. The van der Waals surface area contributed by atoms with E-state index < -0.39 is 28.8 Å². The summed E-state index contributed by atoms with van der Waals surface area (Å²) in [5.74, 6) is 0.000464. The van der Waals surface area contributed by atoms with Crippen molar-refractivity contribution in [1.82, 2.24) is 19.9 Å². The molecule has 0 unspecified atom stereocenters. The van der Waals surface area contributed by atoms with E-state index in [1.54, 1.807) is 42.9 Å². The van der Waals surface area contributed by atoms with E-state index in [-0.39, 0.29) is 22.2 Å². The normalized spacial score (nSPS) is 13.1. The Hall–Kier alpha value is -3.36. The number of halogens is 3. The largest absolute Gasteiger partial charge is 0.405 e. The molecule has 9 nitrogen and oxygen atoms in total. The molecular weight excluding hydrogens is 491 g/mol. The van der Waals surface area contributed by atoms with Crippen LogP contribution in [0.5, 0.6) is 0 Å². The maximum atomic E-state index is 12.9. The zero-order valence-corrected chi connectivity index (χ0v) is 19.2. The summed E-state index contributed by atoms with van der Waals surface area (Å²) >= 11 is 1.35. The summed E-state index contributed by atoms with van der Waals surface area (Å²) in [4.78, 5) is 17.8. The first-order valence-electron chi connectivity index (χ1n) is 9.77.